The Morgan fingerprint density at radius 2 is 1.80 bits per heavy atom. The fourth-order valence-corrected chi connectivity index (χ4v) is 1.92. The van der Waals surface area contributed by atoms with Gasteiger partial charge in [-0.15, -0.1) is 0 Å². The van der Waals surface area contributed by atoms with E-state index >= 15 is 0 Å². The van der Waals surface area contributed by atoms with Crippen LogP contribution in [-0.2, 0) is 9.57 Å². The largest absolute Gasteiger partial charge is 0.478 e. The lowest BCUT2D eigenvalue weighted by Crippen LogP contribution is -2.25. The van der Waals surface area contributed by atoms with Crippen molar-refractivity contribution in [2.45, 2.75) is 0 Å². The number of hydroxylamine groups is 1. The fraction of sp³-hybridized carbons (Fsp3) is 0.143. The standard InChI is InChI=1S/C14H13NO5/c1-19-8-20-15-13(16)10-6-2-4-9-5-3-7-11(12(9)10)14(17)18/h2-7H,8H2,1H3,(H,15,16)(H,17,18). The molecule has 6 nitrogen and oxygen atoms in total. The van der Waals surface area contributed by atoms with Gasteiger partial charge in [-0.1, -0.05) is 24.3 Å². The van der Waals surface area contributed by atoms with Gasteiger partial charge < -0.3 is 9.84 Å². The number of carboxylic acid groups (broad SMARTS) is 1. The number of nitrogens with one attached hydrogen (secondary N) is 1. The molecule has 2 aromatic carbocycles. The van der Waals surface area contributed by atoms with Gasteiger partial charge in [-0.05, 0) is 17.5 Å². The van der Waals surface area contributed by atoms with Crippen molar-refractivity contribution in [3.63, 3.8) is 0 Å². The minimum absolute atomic E-state index is 0.0694. The van der Waals surface area contributed by atoms with Gasteiger partial charge in [0, 0.05) is 12.5 Å². The molecule has 0 atom stereocenters. The Balaban J connectivity index is 2.47. The molecule has 0 fully saturated rings. The molecule has 0 aliphatic carbocycles. The van der Waals surface area contributed by atoms with Gasteiger partial charge in [0.15, 0.2) is 6.79 Å². The highest BCUT2D eigenvalue weighted by molar-refractivity contribution is 6.14. The van der Waals surface area contributed by atoms with Gasteiger partial charge in [0.25, 0.3) is 5.91 Å². The second-order valence-corrected chi connectivity index (χ2v) is 4.00. The lowest BCUT2D eigenvalue weighted by Gasteiger charge is -2.09. The van der Waals surface area contributed by atoms with E-state index in [-0.39, 0.29) is 17.9 Å². The molecule has 6 heteroatoms. The summed E-state index contributed by atoms with van der Waals surface area (Å²) in [6, 6.07) is 9.80. The van der Waals surface area contributed by atoms with Crippen molar-refractivity contribution in [1.29, 1.82) is 0 Å². The number of benzene rings is 2. The van der Waals surface area contributed by atoms with Gasteiger partial charge in [0.05, 0.1) is 11.1 Å². The summed E-state index contributed by atoms with van der Waals surface area (Å²) in [6.45, 7) is -0.0949. The second-order valence-electron chi connectivity index (χ2n) is 4.00. The molecule has 2 aromatic rings. The van der Waals surface area contributed by atoms with Crippen LogP contribution in [0.3, 0.4) is 0 Å². The minimum Gasteiger partial charge on any atom is -0.478 e. The Labute approximate surface area is 114 Å². The highest BCUT2D eigenvalue weighted by Gasteiger charge is 2.16. The number of amides is 1. The maximum atomic E-state index is 12.0. The third kappa shape index (κ3) is 2.76. The van der Waals surface area contributed by atoms with Crippen molar-refractivity contribution in [1.82, 2.24) is 5.48 Å². The van der Waals surface area contributed by atoms with E-state index in [0.717, 1.165) is 0 Å². The van der Waals surface area contributed by atoms with Crippen LogP contribution in [0.4, 0.5) is 0 Å². The van der Waals surface area contributed by atoms with Crippen LogP contribution in [0.5, 0.6) is 0 Å². The van der Waals surface area contributed by atoms with Crippen LogP contribution in [-0.4, -0.2) is 30.9 Å². The summed E-state index contributed by atoms with van der Waals surface area (Å²) in [5, 5.41) is 10.3. The number of carbonyl (C=O) groups excluding carboxylic acids is 1. The van der Waals surface area contributed by atoms with Crippen molar-refractivity contribution in [3.8, 4) is 0 Å². The van der Waals surface area contributed by atoms with Gasteiger partial charge >= 0.3 is 5.97 Å². The van der Waals surface area contributed by atoms with Crippen LogP contribution in [0, 0.1) is 0 Å². The van der Waals surface area contributed by atoms with Crippen LogP contribution in [0.15, 0.2) is 36.4 Å². The number of hydrogen-bond donors (Lipinski definition) is 2. The summed E-state index contributed by atoms with van der Waals surface area (Å²) in [5.74, 6) is -1.62. The van der Waals surface area contributed by atoms with Crippen molar-refractivity contribution in [2.24, 2.45) is 0 Å². The molecule has 0 radical (unpaired) electrons. The monoisotopic (exact) mass is 275 g/mol. The van der Waals surface area contributed by atoms with E-state index < -0.39 is 11.9 Å². The number of fused-ring (bicyclic) bond motifs is 1. The summed E-state index contributed by atoms with van der Waals surface area (Å²) >= 11 is 0. The lowest BCUT2D eigenvalue weighted by molar-refractivity contribution is -0.0703. The van der Waals surface area contributed by atoms with E-state index in [9.17, 15) is 14.7 Å². The summed E-state index contributed by atoms with van der Waals surface area (Å²) in [7, 11) is 1.42. The van der Waals surface area contributed by atoms with Gasteiger partial charge in [0.2, 0.25) is 0 Å². The maximum absolute atomic E-state index is 12.0. The second kappa shape index (κ2) is 6.14. The maximum Gasteiger partial charge on any atom is 0.336 e. The Kier molecular flexibility index (Phi) is 4.29. The average molecular weight is 275 g/mol. The van der Waals surface area contributed by atoms with E-state index in [1.807, 2.05) is 0 Å². The third-order valence-electron chi connectivity index (χ3n) is 2.72. The molecule has 1 amide bonds. The molecule has 20 heavy (non-hydrogen) atoms. The summed E-state index contributed by atoms with van der Waals surface area (Å²) in [6.07, 6.45) is 0. The minimum atomic E-state index is -1.09. The highest BCUT2D eigenvalue weighted by Crippen LogP contribution is 2.23. The first kappa shape index (κ1) is 14.0. The van der Waals surface area contributed by atoms with E-state index in [1.54, 1.807) is 30.3 Å². The molecule has 104 valence electrons. The average Bonchev–Trinajstić information content (AvgIpc) is 2.46. The third-order valence-corrected chi connectivity index (χ3v) is 2.72. The summed E-state index contributed by atoms with van der Waals surface area (Å²) in [5.41, 5.74) is 2.50. The Morgan fingerprint density at radius 3 is 2.40 bits per heavy atom. The van der Waals surface area contributed by atoms with Gasteiger partial charge in [-0.25, -0.2) is 15.1 Å². The van der Waals surface area contributed by atoms with Crippen LogP contribution in [0.25, 0.3) is 10.8 Å². The van der Waals surface area contributed by atoms with Crippen LogP contribution in [0.2, 0.25) is 0 Å². The predicted molar refractivity (Wildman–Crippen MR) is 71.3 cm³/mol. The smallest absolute Gasteiger partial charge is 0.336 e. The Morgan fingerprint density at radius 1 is 1.15 bits per heavy atom. The van der Waals surface area contributed by atoms with Crippen LogP contribution < -0.4 is 5.48 Å². The fourth-order valence-electron chi connectivity index (χ4n) is 1.92. The summed E-state index contributed by atoms with van der Waals surface area (Å²) in [4.78, 5) is 28.1. The zero-order valence-electron chi connectivity index (χ0n) is 10.8. The predicted octanol–water partition coefficient (Wildman–Crippen LogP) is 1.80. The summed E-state index contributed by atoms with van der Waals surface area (Å²) < 4.78 is 4.65. The zero-order chi connectivity index (χ0) is 14.5. The highest BCUT2D eigenvalue weighted by atomic mass is 16.8. The molecule has 0 aliphatic rings. The van der Waals surface area contributed by atoms with Crippen molar-refractivity contribution < 1.29 is 24.3 Å². The molecule has 0 bridgehead atoms. The number of carbonyl (C=O) groups is 2. The molecule has 0 unspecified atom stereocenters. The topological polar surface area (TPSA) is 84.9 Å². The first-order valence-electron chi connectivity index (χ1n) is 5.81. The SMILES string of the molecule is COCONC(=O)c1cccc2cccc(C(=O)O)c12. The Bertz CT molecular complexity index is 648. The van der Waals surface area contributed by atoms with Crippen molar-refractivity contribution >= 4 is 22.6 Å². The molecule has 0 saturated heterocycles. The van der Waals surface area contributed by atoms with E-state index in [2.05, 4.69) is 10.2 Å². The molecule has 0 saturated carbocycles. The number of methoxy groups -OCH3 is 1. The van der Waals surface area contributed by atoms with Gasteiger partial charge in [-0.3, -0.25) is 4.79 Å². The molecule has 0 spiro atoms. The van der Waals surface area contributed by atoms with Crippen molar-refractivity contribution in [2.75, 3.05) is 13.9 Å². The van der Waals surface area contributed by atoms with Gasteiger partial charge in [0.1, 0.15) is 0 Å². The van der Waals surface area contributed by atoms with Gasteiger partial charge in [-0.2, -0.15) is 0 Å². The number of carboxylic acids is 1. The normalized spacial score (nSPS) is 10.4. The van der Waals surface area contributed by atoms with E-state index in [4.69, 9.17) is 4.84 Å². The number of aromatic carboxylic acids is 1. The molecule has 0 aliphatic heterocycles. The quantitative estimate of drug-likeness (QED) is 0.494. The molecule has 2 rings (SSSR count). The number of hydrogen-bond acceptors (Lipinski definition) is 4. The molecule has 0 aromatic heterocycles. The zero-order valence-corrected chi connectivity index (χ0v) is 10.8. The number of rotatable bonds is 5. The molecule has 0 heterocycles. The Hall–Kier alpha value is -2.44. The first-order chi connectivity index (χ1) is 9.65. The number of ether oxygens (including phenoxy) is 1. The van der Waals surface area contributed by atoms with E-state index in [1.165, 1.54) is 13.2 Å². The lowest BCUT2D eigenvalue weighted by atomic mass is 9.99. The van der Waals surface area contributed by atoms with Crippen LogP contribution in [0.1, 0.15) is 20.7 Å². The molecular weight excluding hydrogens is 262 g/mol. The first-order valence-corrected chi connectivity index (χ1v) is 5.81. The molecule has 2 N–H and O–H groups in total. The van der Waals surface area contributed by atoms with Crippen LogP contribution >= 0.6 is 0 Å². The molecular formula is C14H13NO5. The van der Waals surface area contributed by atoms with E-state index in [0.29, 0.717) is 10.8 Å². The van der Waals surface area contributed by atoms with Crippen molar-refractivity contribution in [3.05, 3.63) is 47.5 Å².